The molecule has 0 saturated carbocycles. The average molecular weight is 1330 g/mol. The maximum Gasteiger partial charge on any atom is 0.512 e. The first kappa shape index (κ1) is 78.7. The third-order valence-electron chi connectivity index (χ3n) is 11.5. The van der Waals surface area contributed by atoms with Crippen molar-refractivity contribution in [1.82, 2.24) is 0 Å². The highest BCUT2D eigenvalue weighted by molar-refractivity contribution is 9.30. The predicted molar refractivity (Wildman–Crippen MR) is 364 cm³/mol. The average Bonchev–Trinajstić information content (AvgIpc) is 3.35. The lowest BCUT2D eigenvalue weighted by Crippen LogP contribution is -2.49. The van der Waals surface area contributed by atoms with Crippen molar-refractivity contribution in [1.29, 1.82) is 0 Å². The van der Waals surface area contributed by atoms with Crippen LogP contribution in [0.2, 0.25) is 0 Å². The van der Waals surface area contributed by atoms with E-state index in [2.05, 4.69) is 60.6 Å². The zero-order valence-corrected chi connectivity index (χ0v) is 62.0. The van der Waals surface area contributed by atoms with Gasteiger partial charge < -0.3 is 39.8 Å². The maximum absolute atomic E-state index is 6.16. The van der Waals surface area contributed by atoms with Crippen LogP contribution in [0.1, 0.15) is 194 Å². The summed E-state index contributed by atoms with van der Waals surface area (Å²) in [5.41, 5.74) is 2.68. The molecule has 0 aromatic heterocycles. The molecule has 0 fully saturated rings. The molecule has 0 aliphatic carbocycles. The Morgan fingerprint density at radius 2 is 0.680 bits per heavy atom. The molecule has 0 aromatic carbocycles. The largest absolute Gasteiger partial charge is 0.512 e. The molecular weight excluding hydrogens is 1230 g/mol. The number of hydrogen-bond donors (Lipinski definition) is 0. The van der Waals surface area contributed by atoms with Crippen molar-refractivity contribution in [3.63, 3.8) is 0 Å². The second kappa shape index (κ2) is 52.1. The van der Waals surface area contributed by atoms with Crippen LogP contribution in [0, 0.1) is 23.7 Å². The lowest BCUT2D eigenvalue weighted by atomic mass is 9.91. The molecule has 0 spiro atoms. The molecule has 75 heavy (non-hydrogen) atoms. The van der Waals surface area contributed by atoms with Crippen LogP contribution in [-0.4, -0.2) is 102 Å². The Bertz CT molecular complexity index is 1360. The van der Waals surface area contributed by atoms with Crippen LogP contribution in [0.3, 0.4) is 0 Å². The summed E-state index contributed by atoms with van der Waals surface area (Å²) in [5.74, 6) is 3.33. The monoisotopic (exact) mass is 1330 g/mol. The summed E-state index contributed by atoms with van der Waals surface area (Å²) in [5, 5.41) is 2.06. The first-order chi connectivity index (χ1) is 36.1. The van der Waals surface area contributed by atoms with E-state index in [1.165, 1.54) is 97.3 Å². The molecule has 24 heteroatoms. The molecule has 0 N–H and O–H groups in total. The number of allylic oxidation sites excluding steroid dienone is 4. The van der Waals surface area contributed by atoms with Crippen LogP contribution < -0.4 is 0 Å². The van der Waals surface area contributed by atoms with Crippen LogP contribution in [0.4, 0.5) is 0 Å². The van der Waals surface area contributed by atoms with Crippen LogP contribution in [0.15, 0.2) is 32.4 Å². The zero-order valence-electron chi connectivity index (χ0n) is 49.2. The second-order valence-corrected chi connectivity index (χ2v) is 45.7. The Labute approximate surface area is 510 Å². The van der Waals surface area contributed by atoms with E-state index >= 15 is 0 Å². The minimum Gasteiger partial charge on any atom is -0.373 e. The predicted octanol–water partition coefficient (Wildman–Crippen LogP) is 21.5. The second-order valence-electron chi connectivity index (χ2n) is 18.6. The summed E-state index contributed by atoms with van der Waals surface area (Å²) < 4.78 is 56.7. The molecular formula is C51H104O9S12Si3. The fourth-order valence-corrected chi connectivity index (χ4v) is 42.4. The van der Waals surface area contributed by atoms with Crippen LogP contribution in [-0.2, 0) is 39.8 Å². The van der Waals surface area contributed by atoms with Gasteiger partial charge in [-0.15, -0.1) is 0 Å². The lowest BCUT2D eigenvalue weighted by molar-refractivity contribution is 0.0765. The van der Waals surface area contributed by atoms with E-state index in [-0.39, 0.29) is 0 Å². The SMILES string of the molecule is CCO[Si](CSSSSC(=CC=C(C)CCCC(C)CCCCC(C)CCCC(C)CCCC(C)C)C(C)=C(SSSSC[Si](OCC)(OCC)OCC)SSSSC[Si](OCC)(OCC)OCC)(OCC)OCC. The summed E-state index contributed by atoms with van der Waals surface area (Å²) in [6.07, 6.45) is 22.2. The number of rotatable bonds is 55. The van der Waals surface area contributed by atoms with E-state index in [1.807, 2.05) is 94.7 Å². The van der Waals surface area contributed by atoms with Crippen LogP contribution >= 0.6 is 124 Å². The van der Waals surface area contributed by atoms with E-state index in [0.717, 1.165) is 30.1 Å². The van der Waals surface area contributed by atoms with Gasteiger partial charge in [0.1, 0.15) is 0 Å². The third-order valence-corrected chi connectivity index (χ3v) is 44.2. The molecule has 9 nitrogen and oxygen atoms in total. The van der Waals surface area contributed by atoms with Gasteiger partial charge in [-0.2, -0.15) is 0 Å². The van der Waals surface area contributed by atoms with Crippen molar-refractivity contribution >= 4 is 150 Å². The molecule has 0 heterocycles. The molecule has 3 atom stereocenters. The molecule has 0 radical (unpaired) electrons. The standard InChI is InChI=1S/C51H104O9S12Si3/c1-17-52-73(53-18-2,54-19-3)41-61-67-70-64-50(40-39-48(15)38-30-36-46(13)33-27-26-32-45(12)35-29-37-47(14)34-28-31-44(10)11)49(16)51(65-71-68-62-42-74(55-20-4,56-21-5)57-22-6)66-72-69-63-43-75(58-23-7,59-24-8)60-25-9/h39-40,44-47H,17-38,41-43H2,1-16H3. The minimum absolute atomic E-state index is 0.569. The van der Waals surface area contributed by atoms with Gasteiger partial charge in [-0.05, 0) is 216 Å². The van der Waals surface area contributed by atoms with Gasteiger partial charge in [0.05, 0.1) is 20.4 Å². The van der Waals surface area contributed by atoms with Crippen molar-refractivity contribution in [2.75, 3.05) is 75.6 Å². The number of hydrogen-bond acceptors (Lipinski definition) is 21. The van der Waals surface area contributed by atoms with Crippen molar-refractivity contribution in [3.05, 3.63) is 32.4 Å². The highest BCUT2D eigenvalue weighted by Crippen LogP contribution is 2.59. The molecule has 0 aromatic rings. The molecule has 3 unspecified atom stereocenters. The molecule has 0 amide bonds. The first-order valence-corrected chi connectivity index (χ1v) is 48.6. The maximum atomic E-state index is 6.16. The highest BCUT2D eigenvalue weighted by Gasteiger charge is 2.42. The molecule has 0 rings (SSSR count). The Morgan fingerprint density at radius 1 is 0.373 bits per heavy atom. The van der Waals surface area contributed by atoms with Crippen molar-refractivity contribution in [3.8, 4) is 0 Å². The Kier molecular flexibility index (Phi) is 54.6. The Morgan fingerprint density at radius 3 is 1.01 bits per heavy atom. The van der Waals surface area contributed by atoms with E-state index in [1.54, 1.807) is 91.3 Å². The van der Waals surface area contributed by atoms with E-state index < -0.39 is 26.4 Å². The first-order valence-electron chi connectivity index (χ1n) is 27.8. The van der Waals surface area contributed by atoms with Crippen LogP contribution in [0.25, 0.3) is 0 Å². The smallest absolute Gasteiger partial charge is 0.373 e. The topological polar surface area (TPSA) is 83.1 Å². The minimum atomic E-state index is -2.77. The summed E-state index contributed by atoms with van der Waals surface area (Å²) >= 11 is 0. The summed E-state index contributed by atoms with van der Waals surface area (Å²) in [4.78, 5) is 1.24. The van der Waals surface area contributed by atoms with Gasteiger partial charge >= 0.3 is 26.4 Å². The zero-order chi connectivity index (χ0) is 56.1. The normalized spacial score (nSPS) is 14.3. The van der Waals surface area contributed by atoms with E-state index in [0.29, 0.717) is 75.6 Å². The van der Waals surface area contributed by atoms with Gasteiger partial charge in [0, 0.05) is 64.4 Å². The van der Waals surface area contributed by atoms with Gasteiger partial charge in [0.15, 0.2) is 0 Å². The van der Waals surface area contributed by atoms with Crippen molar-refractivity contribution in [2.45, 2.75) is 194 Å². The molecule has 0 saturated heterocycles. The van der Waals surface area contributed by atoms with Gasteiger partial charge in [0.2, 0.25) is 0 Å². The molecule has 0 aliphatic heterocycles. The quantitative estimate of drug-likeness (QED) is 0.0250. The Balaban J connectivity index is 6.23. The lowest BCUT2D eigenvalue weighted by Gasteiger charge is -2.27. The molecule has 0 aliphatic rings. The van der Waals surface area contributed by atoms with Crippen LogP contribution in [0.5, 0.6) is 0 Å². The molecule has 0 bridgehead atoms. The van der Waals surface area contributed by atoms with Gasteiger partial charge in [-0.3, -0.25) is 0 Å². The Hall–Kier alpha value is 3.71. The summed E-state index contributed by atoms with van der Waals surface area (Å²) in [7, 11) is 13.0. The van der Waals surface area contributed by atoms with E-state index in [9.17, 15) is 0 Å². The molecule has 446 valence electrons. The summed E-state index contributed by atoms with van der Waals surface area (Å²) in [6.45, 7) is 39.9. The van der Waals surface area contributed by atoms with E-state index in [4.69, 9.17) is 39.8 Å². The fraction of sp³-hybridized carbons (Fsp3) is 0.882. The highest BCUT2D eigenvalue weighted by atomic mass is 33.7. The summed E-state index contributed by atoms with van der Waals surface area (Å²) in [6, 6.07) is 0. The van der Waals surface area contributed by atoms with Gasteiger partial charge in [-0.25, -0.2) is 0 Å². The van der Waals surface area contributed by atoms with Gasteiger partial charge in [-0.1, -0.05) is 149 Å². The third kappa shape index (κ3) is 40.6. The van der Waals surface area contributed by atoms with Crippen molar-refractivity contribution in [2.24, 2.45) is 23.7 Å². The van der Waals surface area contributed by atoms with Crippen molar-refractivity contribution < 1.29 is 39.8 Å². The number of unbranched alkanes of at least 4 members (excludes halogenated alkanes) is 1. The fourth-order valence-electron chi connectivity index (χ4n) is 7.81. The van der Waals surface area contributed by atoms with Gasteiger partial charge in [0.25, 0.3) is 0 Å².